The number of rotatable bonds is 36. The number of carbonyl (C=O) groups is 2. The van der Waals surface area contributed by atoms with Gasteiger partial charge in [0, 0.05) is 19.4 Å². The molecule has 0 rings (SSSR count). The SMILES string of the molecule is CCCC/C=C\CCCCCCCC(=O)OCC(COCCCCCCCCCC)OC(=O)CCCCCCC/C=C\CCCC. The molecular weight excluding hydrogens is 572 g/mol. The van der Waals surface area contributed by atoms with Crippen LogP contribution < -0.4 is 0 Å². The molecule has 5 heteroatoms. The Morgan fingerprint density at radius 2 is 0.870 bits per heavy atom. The minimum atomic E-state index is -0.532. The van der Waals surface area contributed by atoms with E-state index in [1.807, 2.05) is 0 Å². The van der Waals surface area contributed by atoms with E-state index in [0.717, 1.165) is 64.2 Å². The lowest BCUT2D eigenvalue weighted by Gasteiger charge is -2.18. The van der Waals surface area contributed by atoms with E-state index in [1.54, 1.807) is 0 Å². The van der Waals surface area contributed by atoms with Crippen molar-refractivity contribution in [1.29, 1.82) is 0 Å². The highest BCUT2D eigenvalue weighted by molar-refractivity contribution is 5.70. The van der Waals surface area contributed by atoms with E-state index in [-0.39, 0.29) is 25.2 Å². The van der Waals surface area contributed by atoms with Gasteiger partial charge in [0.1, 0.15) is 6.61 Å². The molecule has 0 aromatic heterocycles. The summed E-state index contributed by atoms with van der Waals surface area (Å²) in [5.41, 5.74) is 0. The lowest BCUT2D eigenvalue weighted by molar-refractivity contribution is -0.163. The third kappa shape index (κ3) is 35.2. The van der Waals surface area contributed by atoms with Gasteiger partial charge in [-0.05, 0) is 57.8 Å². The van der Waals surface area contributed by atoms with E-state index in [1.165, 1.54) is 103 Å². The second kappa shape index (κ2) is 37.8. The van der Waals surface area contributed by atoms with Crippen LogP contribution in [-0.4, -0.2) is 37.9 Å². The van der Waals surface area contributed by atoms with Crippen LogP contribution in [0, 0.1) is 0 Å². The van der Waals surface area contributed by atoms with Gasteiger partial charge in [0.05, 0.1) is 6.61 Å². The molecule has 0 spiro atoms. The average molecular weight is 649 g/mol. The predicted octanol–water partition coefficient (Wildman–Crippen LogP) is 12.6. The van der Waals surface area contributed by atoms with Crippen LogP contribution in [-0.2, 0) is 23.8 Å². The van der Waals surface area contributed by atoms with Gasteiger partial charge in [0.15, 0.2) is 6.10 Å². The van der Waals surface area contributed by atoms with Gasteiger partial charge >= 0.3 is 11.9 Å². The Balaban J connectivity index is 4.24. The van der Waals surface area contributed by atoms with Crippen molar-refractivity contribution < 1.29 is 23.8 Å². The average Bonchev–Trinajstić information content (AvgIpc) is 3.05. The molecule has 0 radical (unpaired) electrons. The smallest absolute Gasteiger partial charge is 0.306 e. The molecule has 5 nitrogen and oxygen atoms in total. The second-order valence-electron chi connectivity index (χ2n) is 13.2. The number of allylic oxidation sites excluding steroid dienone is 4. The maximum atomic E-state index is 12.6. The third-order valence-electron chi connectivity index (χ3n) is 8.46. The van der Waals surface area contributed by atoms with Crippen LogP contribution in [0.5, 0.6) is 0 Å². The number of hydrogen-bond donors (Lipinski definition) is 0. The Kier molecular flexibility index (Phi) is 36.5. The summed E-state index contributed by atoms with van der Waals surface area (Å²) in [4.78, 5) is 25.0. The zero-order chi connectivity index (χ0) is 33.6. The van der Waals surface area contributed by atoms with Crippen LogP contribution in [0.25, 0.3) is 0 Å². The van der Waals surface area contributed by atoms with Crippen molar-refractivity contribution in [3.63, 3.8) is 0 Å². The minimum absolute atomic E-state index is 0.0815. The first kappa shape index (κ1) is 44.4. The van der Waals surface area contributed by atoms with Crippen molar-refractivity contribution in [2.24, 2.45) is 0 Å². The highest BCUT2D eigenvalue weighted by atomic mass is 16.6. The van der Waals surface area contributed by atoms with Crippen molar-refractivity contribution >= 4 is 11.9 Å². The molecule has 0 aliphatic rings. The second-order valence-corrected chi connectivity index (χ2v) is 13.2. The van der Waals surface area contributed by atoms with Crippen LogP contribution >= 0.6 is 0 Å². The summed E-state index contributed by atoms with van der Waals surface area (Å²) in [6.45, 7) is 7.72. The number of ether oxygens (including phenoxy) is 3. The fraction of sp³-hybridized carbons (Fsp3) is 0.854. The lowest BCUT2D eigenvalue weighted by Crippen LogP contribution is -2.30. The number of hydrogen-bond acceptors (Lipinski definition) is 5. The molecule has 0 aliphatic heterocycles. The largest absolute Gasteiger partial charge is 0.462 e. The molecule has 0 saturated carbocycles. The molecule has 1 unspecified atom stereocenters. The van der Waals surface area contributed by atoms with Gasteiger partial charge in [-0.15, -0.1) is 0 Å². The van der Waals surface area contributed by atoms with Crippen LogP contribution in [0.3, 0.4) is 0 Å². The van der Waals surface area contributed by atoms with Crippen molar-refractivity contribution in [2.45, 2.75) is 207 Å². The zero-order valence-electron chi connectivity index (χ0n) is 30.8. The Morgan fingerprint density at radius 1 is 0.457 bits per heavy atom. The minimum Gasteiger partial charge on any atom is -0.462 e. The molecule has 0 amide bonds. The standard InChI is InChI=1S/C41H76O5/c1-4-7-10-13-16-19-21-23-25-28-31-34-40(42)45-38-39(37-44-36-33-30-27-18-15-12-9-6-3)46-41(43)35-32-29-26-24-22-20-17-14-11-8-5-2/h13-14,16-17,39H,4-12,15,18-38H2,1-3H3/b16-13-,17-14-. The monoisotopic (exact) mass is 649 g/mol. The molecule has 0 N–H and O–H groups in total. The van der Waals surface area contributed by atoms with Crippen LogP contribution in [0.1, 0.15) is 201 Å². The van der Waals surface area contributed by atoms with Crippen molar-refractivity contribution in [3.05, 3.63) is 24.3 Å². The Morgan fingerprint density at radius 3 is 1.39 bits per heavy atom. The molecule has 0 aliphatic carbocycles. The normalized spacial score (nSPS) is 12.3. The Bertz CT molecular complexity index is 701. The summed E-state index contributed by atoms with van der Waals surface area (Å²) in [6.07, 6.45) is 40.2. The summed E-state index contributed by atoms with van der Waals surface area (Å²) in [5, 5.41) is 0. The quantitative estimate of drug-likeness (QED) is 0.0384. The molecular formula is C41H76O5. The van der Waals surface area contributed by atoms with Crippen LogP contribution in [0.2, 0.25) is 0 Å². The van der Waals surface area contributed by atoms with Gasteiger partial charge in [-0.3, -0.25) is 9.59 Å². The summed E-state index contributed by atoms with van der Waals surface area (Å²) in [7, 11) is 0. The first-order valence-electron chi connectivity index (χ1n) is 19.9. The first-order valence-corrected chi connectivity index (χ1v) is 19.9. The van der Waals surface area contributed by atoms with Gasteiger partial charge < -0.3 is 14.2 Å². The number of esters is 2. The van der Waals surface area contributed by atoms with Gasteiger partial charge in [-0.25, -0.2) is 0 Å². The van der Waals surface area contributed by atoms with Crippen molar-refractivity contribution in [2.75, 3.05) is 19.8 Å². The molecule has 46 heavy (non-hydrogen) atoms. The van der Waals surface area contributed by atoms with E-state index in [2.05, 4.69) is 45.1 Å². The molecule has 0 heterocycles. The molecule has 0 bridgehead atoms. The van der Waals surface area contributed by atoms with Gasteiger partial charge in [0.2, 0.25) is 0 Å². The topological polar surface area (TPSA) is 61.8 Å². The first-order chi connectivity index (χ1) is 22.6. The van der Waals surface area contributed by atoms with Crippen LogP contribution in [0.15, 0.2) is 24.3 Å². The van der Waals surface area contributed by atoms with E-state index >= 15 is 0 Å². The summed E-state index contributed by atoms with van der Waals surface area (Å²) < 4.78 is 17.1. The summed E-state index contributed by atoms with van der Waals surface area (Å²) >= 11 is 0. The van der Waals surface area contributed by atoms with E-state index < -0.39 is 6.10 Å². The molecule has 1 atom stereocenters. The summed E-state index contributed by atoms with van der Waals surface area (Å²) in [5.74, 6) is -0.418. The fourth-order valence-corrected chi connectivity index (χ4v) is 5.41. The van der Waals surface area contributed by atoms with E-state index in [4.69, 9.17) is 14.2 Å². The molecule has 0 fully saturated rings. The maximum Gasteiger partial charge on any atom is 0.306 e. The van der Waals surface area contributed by atoms with Gasteiger partial charge in [-0.1, -0.05) is 154 Å². The molecule has 0 saturated heterocycles. The third-order valence-corrected chi connectivity index (χ3v) is 8.46. The Labute approximate surface area is 286 Å². The zero-order valence-corrected chi connectivity index (χ0v) is 30.8. The lowest BCUT2D eigenvalue weighted by atomic mass is 10.1. The Hall–Kier alpha value is -1.62. The van der Waals surface area contributed by atoms with E-state index in [9.17, 15) is 9.59 Å². The van der Waals surface area contributed by atoms with Crippen molar-refractivity contribution in [1.82, 2.24) is 0 Å². The summed E-state index contributed by atoms with van der Waals surface area (Å²) in [6, 6.07) is 0. The van der Waals surface area contributed by atoms with Crippen LogP contribution in [0.4, 0.5) is 0 Å². The molecule has 0 aromatic rings. The van der Waals surface area contributed by atoms with Crippen molar-refractivity contribution in [3.8, 4) is 0 Å². The molecule has 0 aromatic carbocycles. The predicted molar refractivity (Wildman–Crippen MR) is 196 cm³/mol. The fourth-order valence-electron chi connectivity index (χ4n) is 5.41. The maximum absolute atomic E-state index is 12.6. The number of carbonyl (C=O) groups excluding carboxylic acids is 2. The highest BCUT2D eigenvalue weighted by Crippen LogP contribution is 2.12. The van der Waals surface area contributed by atoms with E-state index in [0.29, 0.717) is 19.4 Å². The number of unbranched alkanes of at least 4 members (excludes halogenated alkanes) is 21. The van der Waals surface area contributed by atoms with Gasteiger partial charge in [0.25, 0.3) is 0 Å². The van der Waals surface area contributed by atoms with Gasteiger partial charge in [-0.2, -0.15) is 0 Å². The molecule has 270 valence electrons. The highest BCUT2D eigenvalue weighted by Gasteiger charge is 2.17.